The van der Waals surface area contributed by atoms with Crippen LogP contribution in [-0.4, -0.2) is 20.6 Å². The number of nitrogens with one attached hydrogen (secondary N) is 1. The summed E-state index contributed by atoms with van der Waals surface area (Å²) in [5.41, 5.74) is 1.68. The van der Waals surface area contributed by atoms with Gasteiger partial charge in [0.25, 0.3) is 11.4 Å². The molecule has 1 N–H and O–H groups in total. The molecule has 148 valence electrons. The van der Waals surface area contributed by atoms with Crippen molar-refractivity contribution in [3.8, 4) is 17.5 Å². The normalized spacial score (nSPS) is 10.7. The first-order valence-corrected chi connectivity index (χ1v) is 9.34. The molecule has 8 heteroatoms. The van der Waals surface area contributed by atoms with Crippen LogP contribution in [0.4, 0.5) is 5.69 Å². The molecule has 4 rings (SSSR count). The lowest BCUT2D eigenvalue weighted by Crippen LogP contribution is -2.27. The van der Waals surface area contributed by atoms with Crippen molar-refractivity contribution in [2.45, 2.75) is 19.9 Å². The van der Waals surface area contributed by atoms with E-state index in [9.17, 15) is 9.59 Å². The number of para-hydroxylation sites is 1. The number of aryl methyl sites for hydroxylation is 1. The number of rotatable bonds is 5. The molecular formula is C22H17N5O3. The van der Waals surface area contributed by atoms with Crippen molar-refractivity contribution in [1.29, 1.82) is 5.26 Å². The quantitative estimate of drug-likeness (QED) is 0.551. The summed E-state index contributed by atoms with van der Waals surface area (Å²) >= 11 is 0. The minimum atomic E-state index is -0.379. The van der Waals surface area contributed by atoms with E-state index in [2.05, 4.69) is 15.5 Å². The van der Waals surface area contributed by atoms with Gasteiger partial charge in [0.2, 0.25) is 5.91 Å². The fourth-order valence-corrected chi connectivity index (χ4v) is 3.19. The van der Waals surface area contributed by atoms with Gasteiger partial charge in [-0.3, -0.25) is 14.2 Å². The molecule has 1 amide bonds. The van der Waals surface area contributed by atoms with Crippen LogP contribution in [0.3, 0.4) is 0 Å². The van der Waals surface area contributed by atoms with Gasteiger partial charge in [-0.25, -0.2) is 0 Å². The number of pyridine rings is 1. The number of anilines is 1. The highest BCUT2D eigenvalue weighted by molar-refractivity contribution is 5.95. The third kappa shape index (κ3) is 3.69. The molecule has 2 aromatic carbocycles. The fourth-order valence-electron chi connectivity index (χ4n) is 3.19. The molecule has 0 atom stereocenters. The van der Waals surface area contributed by atoms with Gasteiger partial charge in [0.15, 0.2) is 5.82 Å². The lowest BCUT2D eigenvalue weighted by atomic mass is 10.1. The number of nitriles is 1. The summed E-state index contributed by atoms with van der Waals surface area (Å²) in [6.07, 6.45) is 0.617. The average molecular weight is 399 g/mol. The van der Waals surface area contributed by atoms with Gasteiger partial charge in [-0.15, -0.1) is 0 Å². The second-order valence-electron chi connectivity index (χ2n) is 6.61. The van der Waals surface area contributed by atoms with Gasteiger partial charge in [0, 0.05) is 23.6 Å². The molecule has 2 aromatic heterocycles. The number of hydrogen-bond donors (Lipinski definition) is 1. The van der Waals surface area contributed by atoms with Crippen LogP contribution < -0.4 is 10.9 Å². The number of amides is 1. The van der Waals surface area contributed by atoms with Gasteiger partial charge in [-0.2, -0.15) is 10.2 Å². The van der Waals surface area contributed by atoms with E-state index in [-0.39, 0.29) is 23.9 Å². The Morgan fingerprint density at radius 3 is 2.80 bits per heavy atom. The molecule has 0 fully saturated rings. The van der Waals surface area contributed by atoms with Crippen molar-refractivity contribution in [1.82, 2.24) is 14.7 Å². The fraction of sp³-hybridized carbons (Fsp3) is 0.136. The van der Waals surface area contributed by atoms with Gasteiger partial charge < -0.3 is 9.84 Å². The first-order chi connectivity index (χ1) is 14.6. The molecule has 0 bridgehead atoms. The zero-order chi connectivity index (χ0) is 21.1. The minimum Gasteiger partial charge on any atom is -0.334 e. The van der Waals surface area contributed by atoms with Gasteiger partial charge in [0.05, 0.1) is 22.7 Å². The van der Waals surface area contributed by atoms with E-state index in [1.165, 1.54) is 10.6 Å². The molecule has 0 radical (unpaired) electrons. The Hall–Kier alpha value is -4.25. The van der Waals surface area contributed by atoms with Crippen LogP contribution >= 0.6 is 0 Å². The smallest absolute Gasteiger partial charge is 0.258 e. The van der Waals surface area contributed by atoms with Crippen LogP contribution in [0.5, 0.6) is 0 Å². The lowest BCUT2D eigenvalue weighted by molar-refractivity contribution is -0.116. The van der Waals surface area contributed by atoms with Gasteiger partial charge in [-0.05, 0) is 24.3 Å². The highest BCUT2D eigenvalue weighted by Gasteiger charge is 2.17. The number of fused-ring (bicyclic) bond motifs is 1. The number of hydrogen-bond acceptors (Lipinski definition) is 6. The second-order valence-corrected chi connectivity index (χ2v) is 6.61. The molecule has 2 heterocycles. The third-order valence-electron chi connectivity index (χ3n) is 4.61. The van der Waals surface area contributed by atoms with E-state index >= 15 is 0 Å². The number of nitrogens with zero attached hydrogens (tertiary/aromatic N) is 4. The summed E-state index contributed by atoms with van der Waals surface area (Å²) in [4.78, 5) is 29.7. The predicted octanol–water partition coefficient (Wildman–Crippen LogP) is 3.12. The van der Waals surface area contributed by atoms with Crippen LogP contribution in [0.1, 0.15) is 18.3 Å². The molecule has 0 saturated carbocycles. The first-order valence-electron chi connectivity index (χ1n) is 9.34. The number of aromatic nitrogens is 3. The Bertz CT molecular complexity index is 1350. The zero-order valence-corrected chi connectivity index (χ0v) is 16.1. The Balaban J connectivity index is 1.70. The van der Waals surface area contributed by atoms with Gasteiger partial charge >= 0.3 is 0 Å². The number of carbonyl (C=O) groups is 1. The maximum atomic E-state index is 12.8. The van der Waals surface area contributed by atoms with Crippen molar-refractivity contribution in [3.63, 3.8) is 0 Å². The maximum Gasteiger partial charge on any atom is 0.258 e. The monoisotopic (exact) mass is 399 g/mol. The van der Waals surface area contributed by atoms with Crippen LogP contribution in [-0.2, 0) is 17.8 Å². The summed E-state index contributed by atoms with van der Waals surface area (Å²) in [5.74, 6) is 0.443. The average Bonchev–Trinajstić information content (AvgIpc) is 3.25. The largest absolute Gasteiger partial charge is 0.334 e. The summed E-state index contributed by atoms with van der Waals surface area (Å²) in [6.45, 7) is 1.73. The van der Waals surface area contributed by atoms with Crippen molar-refractivity contribution >= 4 is 22.5 Å². The van der Waals surface area contributed by atoms with Crippen LogP contribution in [0.25, 0.3) is 22.4 Å². The zero-order valence-electron chi connectivity index (χ0n) is 16.1. The Morgan fingerprint density at radius 1 is 1.20 bits per heavy atom. The summed E-state index contributed by atoms with van der Waals surface area (Å²) in [7, 11) is 0. The molecule has 0 aliphatic heterocycles. The molecule has 30 heavy (non-hydrogen) atoms. The van der Waals surface area contributed by atoms with E-state index in [4.69, 9.17) is 9.78 Å². The Kier molecular flexibility index (Phi) is 5.09. The Morgan fingerprint density at radius 2 is 2.03 bits per heavy atom. The van der Waals surface area contributed by atoms with E-state index in [1.807, 2.05) is 25.1 Å². The second kappa shape index (κ2) is 8.01. The Labute approximate surface area is 171 Å². The molecule has 0 saturated heterocycles. The predicted molar refractivity (Wildman–Crippen MR) is 111 cm³/mol. The summed E-state index contributed by atoms with van der Waals surface area (Å²) in [5, 5.41) is 16.3. The molecule has 0 aliphatic rings. The number of benzene rings is 2. The maximum absolute atomic E-state index is 12.8. The van der Waals surface area contributed by atoms with Crippen LogP contribution in [0.15, 0.2) is 63.9 Å². The van der Waals surface area contributed by atoms with Crippen LogP contribution in [0, 0.1) is 11.3 Å². The first kappa shape index (κ1) is 19.1. The molecular weight excluding hydrogens is 382 g/mol. The van der Waals surface area contributed by atoms with Gasteiger partial charge in [-0.1, -0.05) is 36.3 Å². The summed E-state index contributed by atoms with van der Waals surface area (Å²) < 4.78 is 6.70. The van der Waals surface area contributed by atoms with Gasteiger partial charge in [0.1, 0.15) is 6.54 Å². The standard InChI is InChI=1S/C22H17N5O3/c1-2-19-25-22(30-26-19)17-11-21(29)27(18-9-4-3-8-16(17)18)13-20(28)24-15-7-5-6-14(10-15)12-23/h3-11H,2,13H2,1H3,(H,24,28). The topological polar surface area (TPSA) is 114 Å². The molecule has 4 aromatic rings. The molecule has 8 nitrogen and oxygen atoms in total. The minimum absolute atomic E-state index is 0.180. The van der Waals surface area contributed by atoms with Crippen LogP contribution in [0.2, 0.25) is 0 Å². The van der Waals surface area contributed by atoms with E-state index in [0.717, 1.165) is 5.39 Å². The van der Waals surface area contributed by atoms with Crippen molar-refractivity contribution in [3.05, 3.63) is 76.3 Å². The lowest BCUT2D eigenvalue weighted by Gasteiger charge is -2.12. The highest BCUT2D eigenvalue weighted by atomic mass is 16.5. The van der Waals surface area contributed by atoms with Crippen molar-refractivity contribution in [2.24, 2.45) is 0 Å². The van der Waals surface area contributed by atoms with Crippen molar-refractivity contribution < 1.29 is 9.32 Å². The third-order valence-corrected chi connectivity index (χ3v) is 4.61. The number of carbonyl (C=O) groups excluding carboxylic acids is 1. The van der Waals surface area contributed by atoms with E-state index in [0.29, 0.717) is 34.6 Å². The van der Waals surface area contributed by atoms with Crippen molar-refractivity contribution in [2.75, 3.05) is 5.32 Å². The highest BCUT2D eigenvalue weighted by Crippen LogP contribution is 2.26. The van der Waals surface area contributed by atoms with E-state index in [1.54, 1.807) is 36.4 Å². The SMILES string of the molecule is CCc1noc(-c2cc(=O)n(CC(=O)Nc3cccc(C#N)c3)c3ccccc23)n1. The summed E-state index contributed by atoms with van der Waals surface area (Å²) in [6, 6.07) is 17.2. The van der Waals surface area contributed by atoms with E-state index < -0.39 is 0 Å². The molecule has 0 aliphatic carbocycles. The molecule has 0 unspecified atom stereocenters. The molecule has 0 spiro atoms.